The number of nitrogens with zero attached hydrogens (tertiary/aromatic N) is 4. The molecule has 3 aromatic rings. The molecule has 0 aliphatic carbocycles. The normalized spacial score (nSPS) is 24.6. The lowest BCUT2D eigenvalue weighted by atomic mass is 9.84. The predicted octanol–water partition coefficient (Wildman–Crippen LogP) is 3.27. The van der Waals surface area contributed by atoms with Crippen molar-refractivity contribution in [1.29, 1.82) is 0 Å². The molecule has 0 N–H and O–H groups in total. The Kier molecular flexibility index (Phi) is 3.31. The van der Waals surface area contributed by atoms with Crippen molar-refractivity contribution < 1.29 is 9.26 Å². The van der Waals surface area contributed by atoms with Crippen LogP contribution in [0.5, 0.6) is 11.6 Å². The second kappa shape index (κ2) is 5.67. The van der Waals surface area contributed by atoms with Gasteiger partial charge in [-0.3, -0.25) is 0 Å². The first-order chi connectivity index (χ1) is 12.3. The van der Waals surface area contributed by atoms with Crippen LogP contribution in [0, 0.1) is 0 Å². The molecule has 126 valence electrons. The van der Waals surface area contributed by atoms with Gasteiger partial charge in [0.2, 0.25) is 17.6 Å². The van der Waals surface area contributed by atoms with Crippen LogP contribution in [0.3, 0.4) is 0 Å². The Morgan fingerprint density at radius 2 is 1.88 bits per heavy atom. The summed E-state index contributed by atoms with van der Waals surface area (Å²) in [7, 11) is 0. The summed E-state index contributed by atoms with van der Waals surface area (Å²) in [4.78, 5) is 11.5. The summed E-state index contributed by atoms with van der Waals surface area (Å²) < 4.78 is 11.3. The van der Waals surface area contributed by atoms with Crippen molar-refractivity contribution >= 4 is 0 Å². The second-order valence-corrected chi connectivity index (χ2v) is 6.78. The van der Waals surface area contributed by atoms with E-state index in [0.29, 0.717) is 11.7 Å². The molecule has 2 fully saturated rings. The predicted molar refractivity (Wildman–Crippen MR) is 91.4 cm³/mol. The first-order valence-corrected chi connectivity index (χ1v) is 8.57. The standard InChI is InChI=1S/C19H18N4O2/c1-2-4-15(5-3-1)24-16-7-6-14(12-20-16)17-21-18(25-22-17)19-8-10-23(13-19)11-9-19/h1-7,12H,8-11,13H2. The van der Waals surface area contributed by atoms with E-state index >= 15 is 0 Å². The molecule has 2 saturated heterocycles. The highest BCUT2D eigenvalue weighted by molar-refractivity contribution is 5.53. The quantitative estimate of drug-likeness (QED) is 0.730. The highest BCUT2D eigenvalue weighted by atomic mass is 16.5. The van der Waals surface area contributed by atoms with E-state index in [9.17, 15) is 0 Å². The van der Waals surface area contributed by atoms with Gasteiger partial charge in [-0.25, -0.2) is 4.98 Å². The number of ether oxygens (including phenoxy) is 1. The van der Waals surface area contributed by atoms with Gasteiger partial charge in [0.1, 0.15) is 5.75 Å². The molecule has 0 unspecified atom stereocenters. The van der Waals surface area contributed by atoms with Crippen LogP contribution in [0.4, 0.5) is 0 Å². The molecule has 2 aliphatic heterocycles. The molecule has 0 saturated carbocycles. The van der Waals surface area contributed by atoms with Crippen LogP contribution in [-0.4, -0.2) is 39.7 Å². The summed E-state index contributed by atoms with van der Waals surface area (Å²) in [5, 5.41) is 4.17. The average molecular weight is 334 g/mol. The van der Waals surface area contributed by atoms with E-state index in [1.54, 1.807) is 6.20 Å². The number of rotatable bonds is 4. The van der Waals surface area contributed by atoms with E-state index in [1.807, 2.05) is 42.5 Å². The number of aromatic nitrogens is 3. The minimum absolute atomic E-state index is 0.0645. The molecule has 2 aromatic heterocycles. The van der Waals surface area contributed by atoms with Gasteiger partial charge in [-0.1, -0.05) is 23.4 Å². The van der Waals surface area contributed by atoms with Gasteiger partial charge in [0, 0.05) is 24.4 Å². The average Bonchev–Trinajstić information content (AvgIpc) is 3.40. The van der Waals surface area contributed by atoms with Gasteiger partial charge >= 0.3 is 0 Å². The first kappa shape index (κ1) is 14.6. The Balaban J connectivity index is 1.36. The molecule has 4 heterocycles. The summed E-state index contributed by atoms with van der Waals surface area (Å²) in [5.74, 6) is 2.66. The van der Waals surface area contributed by atoms with Gasteiger partial charge in [-0.05, 0) is 44.1 Å². The smallest absolute Gasteiger partial charge is 0.234 e. The van der Waals surface area contributed by atoms with Crippen LogP contribution in [0.1, 0.15) is 18.7 Å². The maximum atomic E-state index is 5.71. The van der Waals surface area contributed by atoms with Crippen LogP contribution in [0.25, 0.3) is 11.4 Å². The minimum Gasteiger partial charge on any atom is -0.439 e. The Morgan fingerprint density at radius 1 is 1.04 bits per heavy atom. The summed E-state index contributed by atoms with van der Waals surface area (Å²) >= 11 is 0. The lowest BCUT2D eigenvalue weighted by Crippen LogP contribution is -2.24. The number of fused-ring (bicyclic) bond motifs is 2. The Bertz CT molecular complexity index is 868. The van der Waals surface area contributed by atoms with E-state index in [2.05, 4.69) is 20.0 Å². The zero-order chi connectivity index (χ0) is 16.7. The van der Waals surface area contributed by atoms with E-state index in [0.717, 1.165) is 49.7 Å². The van der Waals surface area contributed by atoms with E-state index in [-0.39, 0.29) is 5.41 Å². The molecule has 0 atom stereocenters. The van der Waals surface area contributed by atoms with Crippen LogP contribution < -0.4 is 4.74 Å². The molecule has 0 radical (unpaired) electrons. The van der Waals surface area contributed by atoms with E-state index in [1.165, 1.54) is 0 Å². The molecule has 25 heavy (non-hydrogen) atoms. The van der Waals surface area contributed by atoms with Gasteiger partial charge < -0.3 is 14.2 Å². The van der Waals surface area contributed by atoms with Crippen molar-refractivity contribution in [1.82, 2.24) is 20.0 Å². The number of hydrogen-bond acceptors (Lipinski definition) is 6. The van der Waals surface area contributed by atoms with Crippen LogP contribution in [0.2, 0.25) is 0 Å². The summed E-state index contributed by atoms with van der Waals surface area (Å²) in [5.41, 5.74) is 0.898. The fraction of sp³-hybridized carbons (Fsp3) is 0.316. The molecular weight excluding hydrogens is 316 g/mol. The van der Waals surface area contributed by atoms with Crippen molar-refractivity contribution in [3.05, 3.63) is 54.6 Å². The third kappa shape index (κ3) is 2.59. The lowest BCUT2D eigenvalue weighted by molar-refractivity contribution is 0.292. The van der Waals surface area contributed by atoms with Crippen molar-refractivity contribution in [2.45, 2.75) is 18.3 Å². The monoisotopic (exact) mass is 334 g/mol. The number of benzene rings is 1. The first-order valence-electron chi connectivity index (χ1n) is 8.57. The minimum atomic E-state index is 0.0645. The number of para-hydroxylation sites is 1. The van der Waals surface area contributed by atoms with Gasteiger partial charge in [-0.2, -0.15) is 4.98 Å². The topological polar surface area (TPSA) is 64.3 Å². The second-order valence-electron chi connectivity index (χ2n) is 6.78. The highest BCUT2D eigenvalue weighted by Gasteiger charge is 2.48. The maximum absolute atomic E-state index is 5.71. The summed E-state index contributed by atoms with van der Waals surface area (Å²) in [6, 6.07) is 13.3. The molecule has 6 nitrogen and oxygen atoms in total. The summed E-state index contributed by atoms with van der Waals surface area (Å²) in [6.07, 6.45) is 3.94. The zero-order valence-corrected chi connectivity index (χ0v) is 13.8. The van der Waals surface area contributed by atoms with Crippen molar-refractivity contribution in [3.8, 4) is 23.0 Å². The maximum Gasteiger partial charge on any atom is 0.234 e. The molecule has 5 rings (SSSR count). The van der Waals surface area contributed by atoms with Crippen LogP contribution >= 0.6 is 0 Å². The lowest BCUT2D eigenvalue weighted by Gasteiger charge is -2.19. The Hall–Kier alpha value is -2.73. The van der Waals surface area contributed by atoms with Crippen molar-refractivity contribution in [2.24, 2.45) is 0 Å². The Labute approximate surface area is 145 Å². The largest absolute Gasteiger partial charge is 0.439 e. The molecular formula is C19H18N4O2. The van der Waals surface area contributed by atoms with Gasteiger partial charge in [0.05, 0.1) is 5.41 Å². The zero-order valence-electron chi connectivity index (χ0n) is 13.8. The molecule has 2 bridgehead atoms. The molecule has 1 aromatic carbocycles. The number of piperidine rings is 1. The fourth-order valence-electron chi connectivity index (χ4n) is 3.75. The van der Waals surface area contributed by atoms with Crippen molar-refractivity contribution in [2.75, 3.05) is 19.6 Å². The van der Waals surface area contributed by atoms with Crippen LogP contribution in [-0.2, 0) is 5.41 Å². The highest BCUT2D eigenvalue weighted by Crippen LogP contribution is 2.42. The fourth-order valence-corrected chi connectivity index (χ4v) is 3.75. The van der Waals surface area contributed by atoms with Crippen LogP contribution in [0.15, 0.2) is 53.2 Å². The SMILES string of the molecule is c1ccc(Oc2ccc(-c3noc(C45CCN(CC4)C5)n3)cn2)cc1. The number of hydrogen-bond donors (Lipinski definition) is 0. The van der Waals surface area contributed by atoms with Gasteiger partial charge in [-0.15, -0.1) is 0 Å². The third-order valence-electron chi connectivity index (χ3n) is 5.18. The molecule has 0 spiro atoms. The van der Waals surface area contributed by atoms with E-state index < -0.39 is 0 Å². The molecule has 0 amide bonds. The van der Waals surface area contributed by atoms with Gasteiger partial charge in [0.15, 0.2) is 0 Å². The molecule has 6 heteroatoms. The summed E-state index contributed by atoms with van der Waals surface area (Å²) in [6.45, 7) is 3.30. The van der Waals surface area contributed by atoms with Gasteiger partial charge in [0.25, 0.3) is 0 Å². The Morgan fingerprint density at radius 3 is 2.56 bits per heavy atom. The number of pyridine rings is 1. The van der Waals surface area contributed by atoms with Crippen molar-refractivity contribution in [3.63, 3.8) is 0 Å². The molecule has 2 aliphatic rings. The van der Waals surface area contributed by atoms with E-state index in [4.69, 9.17) is 9.26 Å². The third-order valence-corrected chi connectivity index (χ3v) is 5.18.